The van der Waals surface area contributed by atoms with E-state index in [0.717, 1.165) is 16.8 Å². The molecule has 98 valence electrons. The minimum atomic E-state index is -0.339. The highest BCUT2D eigenvalue weighted by molar-refractivity contribution is 5.93. The lowest BCUT2D eigenvalue weighted by Gasteiger charge is -2.09. The van der Waals surface area contributed by atoms with Crippen LogP contribution < -0.4 is 5.32 Å². The molecular weight excluding hydrogens is 230 g/mol. The summed E-state index contributed by atoms with van der Waals surface area (Å²) in [4.78, 5) is 22.8. The van der Waals surface area contributed by atoms with Crippen LogP contribution in [0, 0.1) is 13.8 Å². The first kappa shape index (κ1) is 14.2. The fraction of sp³-hybridized carbons (Fsp3) is 0.429. The number of carbonyl (C=O) groups excluding carboxylic acids is 2. The van der Waals surface area contributed by atoms with E-state index in [-0.39, 0.29) is 24.7 Å². The largest absolute Gasteiger partial charge is 0.466 e. The SMILES string of the molecule is CCOC(=O)CCC(=O)Nc1cc(C)ccc1C. The molecule has 1 aromatic rings. The molecule has 0 fully saturated rings. The molecule has 1 aromatic carbocycles. The van der Waals surface area contributed by atoms with Crippen molar-refractivity contribution in [3.05, 3.63) is 29.3 Å². The van der Waals surface area contributed by atoms with Crippen LogP contribution in [0.1, 0.15) is 30.9 Å². The van der Waals surface area contributed by atoms with E-state index in [2.05, 4.69) is 5.32 Å². The highest BCUT2D eigenvalue weighted by Crippen LogP contribution is 2.16. The molecule has 0 aromatic heterocycles. The van der Waals surface area contributed by atoms with Gasteiger partial charge in [-0.2, -0.15) is 0 Å². The van der Waals surface area contributed by atoms with Crippen molar-refractivity contribution in [3.8, 4) is 0 Å². The standard InChI is InChI=1S/C14H19NO3/c1-4-18-14(17)8-7-13(16)15-12-9-10(2)5-6-11(12)3/h5-6,9H,4,7-8H2,1-3H3,(H,15,16). The van der Waals surface area contributed by atoms with Crippen molar-refractivity contribution in [2.45, 2.75) is 33.6 Å². The normalized spacial score (nSPS) is 9.94. The molecule has 1 N–H and O–H groups in total. The summed E-state index contributed by atoms with van der Waals surface area (Å²) in [5.74, 6) is -0.509. The Hall–Kier alpha value is -1.84. The van der Waals surface area contributed by atoms with Crippen molar-refractivity contribution in [2.75, 3.05) is 11.9 Å². The Morgan fingerprint density at radius 3 is 2.61 bits per heavy atom. The Labute approximate surface area is 107 Å². The van der Waals surface area contributed by atoms with E-state index in [1.165, 1.54) is 0 Å². The van der Waals surface area contributed by atoms with Crippen LogP contribution in [0.25, 0.3) is 0 Å². The predicted molar refractivity (Wildman–Crippen MR) is 70.4 cm³/mol. The average Bonchev–Trinajstić information content (AvgIpc) is 2.32. The summed E-state index contributed by atoms with van der Waals surface area (Å²) < 4.78 is 4.77. The molecule has 0 spiro atoms. The average molecular weight is 249 g/mol. The smallest absolute Gasteiger partial charge is 0.306 e. The van der Waals surface area contributed by atoms with Crippen LogP contribution in [-0.2, 0) is 14.3 Å². The highest BCUT2D eigenvalue weighted by Gasteiger charge is 2.08. The molecule has 0 heterocycles. The van der Waals surface area contributed by atoms with E-state index < -0.39 is 0 Å². The van der Waals surface area contributed by atoms with Gasteiger partial charge in [-0.25, -0.2) is 0 Å². The summed E-state index contributed by atoms with van der Waals surface area (Å²) in [6.07, 6.45) is 0.261. The molecule has 0 saturated carbocycles. The first-order chi connectivity index (χ1) is 8.52. The predicted octanol–water partition coefficient (Wildman–Crippen LogP) is 2.59. The number of ether oxygens (including phenoxy) is 1. The van der Waals surface area contributed by atoms with Gasteiger partial charge < -0.3 is 10.1 Å². The van der Waals surface area contributed by atoms with Crippen molar-refractivity contribution < 1.29 is 14.3 Å². The summed E-state index contributed by atoms with van der Waals surface area (Å²) in [5.41, 5.74) is 2.88. The van der Waals surface area contributed by atoms with Crippen molar-refractivity contribution in [3.63, 3.8) is 0 Å². The van der Waals surface area contributed by atoms with E-state index in [4.69, 9.17) is 4.74 Å². The highest BCUT2D eigenvalue weighted by atomic mass is 16.5. The van der Waals surface area contributed by atoms with Gasteiger partial charge in [-0.15, -0.1) is 0 Å². The van der Waals surface area contributed by atoms with Gasteiger partial charge in [-0.05, 0) is 38.0 Å². The molecular formula is C14H19NO3. The lowest BCUT2D eigenvalue weighted by molar-refractivity contribution is -0.144. The molecule has 0 aliphatic carbocycles. The van der Waals surface area contributed by atoms with Crippen LogP contribution in [0.3, 0.4) is 0 Å². The van der Waals surface area contributed by atoms with Gasteiger partial charge in [0.25, 0.3) is 0 Å². The van der Waals surface area contributed by atoms with Crippen molar-refractivity contribution in [2.24, 2.45) is 0 Å². The number of rotatable bonds is 5. The second-order valence-electron chi connectivity index (χ2n) is 4.17. The summed E-state index contributed by atoms with van der Waals surface area (Å²) in [7, 11) is 0. The zero-order valence-corrected chi connectivity index (χ0v) is 11.1. The zero-order valence-electron chi connectivity index (χ0n) is 11.1. The van der Waals surface area contributed by atoms with Gasteiger partial charge in [-0.1, -0.05) is 12.1 Å². The van der Waals surface area contributed by atoms with Crippen LogP contribution in [0.2, 0.25) is 0 Å². The van der Waals surface area contributed by atoms with Crippen LogP contribution in [-0.4, -0.2) is 18.5 Å². The number of esters is 1. The van der Waals surface area contributed by atoms with Gasteiger partial charge in [-0.3, -0.25) is 9.59 Å². The summed E-state index contributed by atoms with van der Waals surface area (Å²) in [5, 5.41) is 2.80. The molecule has 0 radical (unpaired) electrons. The van der Waals surface area contributed by atoms with E-state index in [1.54, 1.807) is 6.92 Å². The number of amides is 1. The quantitative estimate of drug-likeness (QED) is 0.816. The van der Waals surface area contributed by atoms with Gasteiger partial charge >= 0.3 is 5.97 Å². The number of carbonyl (C=O) groups is 2. The van der Waals surface area contributed by atoms with Gasteiger partial charge in [0.2, 0.25) is 5.91 Å². The molecule has 1 rings (SSSR count). The van der Waals surface area contributed by atoms with E-state index in [1.807, 2.05) is 32.0 Å². The third kappa shape index (κ3) is 4.57. The molecule has 18 heavy (non-hydrogen) atoms. The monoisotopic (exact) mass is 249 g/mol. The number of anilines is 1. The molecule has 0 aliphatic rings. The Morgan fingerprint density at radius 2 is 1.94 bits per heavy atom. The molecule has 1 amide bonds. The van der Waals surface area contributed by atoms with Crippen LogP contribution >= 0.6 is 0 Å². The molecule has 4 nitrogen and oxygen atoms in total. The van der Waals surface area contributed by atoms with E-state index in [9.17, 15) is 9.59 Å². The zero-order chi connectivity index (χ0) is 13.5. The van der Waals surface area contributed by atoms with E-state index >= 15 is 0 Å². The number of hydrogen-bond acceptors (Lipinski definition) is 3. The fourth-order valence-electron chi connectivity index (χ4n) is 1.53. The van der Waals surface area contributed by atoms with Gasteiger partial charge in [0.1, 0.15) is 0 Å². The summed E-state index contributed by atoms with van der Waals surface area (Å²) >= 11 is 0. The van der Waals surface area contributed by atoms with Crippen molar-refractivity contribution in [1.82, 2.24) is 0 Å². The van der Waals surface area contributed by atoms with E-state index in [0.29, 0.717) is 6.61 Å². The summed E-state index contributed by atoms with van der Waals surface area (Å²) in [6, 6.07) is 5.86. The number of aryl methyl sites for hydroxylation is 2. The Bertz CT molecular complexity index is 441. The Morgan fingerprint density at radius 1 is 1.22 bits per heavy atom. The van der Waals surface area contributed by atoms with Crippen molar-refractivity contribution >= 4 is 17.6 Å². The van der Waals surface area contributed by atoms with Crippen LogP contribution in [0.4, 0.5) is 5.69 Å². The second kappa shape index (κ2) is 6.79. The maximum absolute atomic E-state index is 11.7. The molecule has 0 unspecified atom stereocenters. The maximum atomic E-state index is 11.7. The lowest BCUT2D eigenvalue weighted by Crippen LogP contribution is -2.15. The lowest BCUT2D eigenvalue weighted by atomic mass is 10.1. The minimum Gasteiger partial charge on any atom is -0.466 e. The molecule has 4 heteroatoms. The third-order valence-corrected chi connectivity index (χ3v) is 2.53. The maximum Gasteiger partial charge on any atom is 0.306 e. The minimum absolute atomic E-state index is 0.116. The Balaban J connectivity index is 2.49. The third-order valence-electron chi connectivity index (χ3n) is 2.53. The van der Waals surface area contributed by atoms with Gasteiger partial charge in [0, 0.05) is 12.1 Å². The topological polar surface area (TPSA) is 55.4 Å². The molecule has 0 bridgehead atoms. The number of nitrogens with one attached hydrogen (secondary N) is 1. The second-order valence-corrected chi connectivity index (χ2v) is 4.17. The number of benzene rings is 1. The molecule has 0 aliphatic heterocycles. The van der Waals surface area contributed by atoms with Crippen molar-refractivity contribution in [1.29, 1.82) is 0 Å². The van der Waals surface area contributed by atoms with Gasteiger partial charge in [0.05, 0.1) is 13.0 Å². The Kier molecular flexibility index (Phi) is 5.36. The molecule has 0 saturated heterocycles. The van der Waals surface area contributed by atoms with Crippen LogP contribution in [0.5, 0.6) is 0 Å². The first-order valence-corrected chi connectivity index (χ1v) is 6.05. The molecule has 0 atom stereocenters. The number of hydrogen-bond donors (Lipinski definition) is 1. The summed E-state index contributed by atoms with van der Waals surface area (Å²) in [6.45, 7) is 5.99. The first-order valence-electron chi connectivity index (χ1n) is 6.05. The fourth-order valence-corrected chi connectivity index (χ4v) is 1.53. The van der Waals surface area contributed by atoms with Gasteiger partial charge in [0.15, 0.2) is 0 Å². The van der Waals surface area contributed by atoms with Crippen LogP contribution in [0.15, 0.2) is 18.2 Å².